The number of nitriles is 1. The first-order valence-corrected chi connectivity index (χ1v) is 11.8. The Kier molecular flexibility index (Phi) is 7.12. The molecule has 2 aromatic carbocycles. The zero-order valence-electron chi connectivity index (χ0n) is 20.2. The van der Waals surface area contributed by atoms with Crippen molar-refractivity contribution in [1.82, 2.24) is 14.5 Å². The van der Waals surface area contributed by atoms with E-state index in [0.29, 0.717) is 31.7 Å². The van der Waals surface area contributed by atoms with E-state index < -0.39 is 0 Å². The van der Waals surface area contributed by atoms with Crippen LogP contribution in [0.4, 0.5) is 5.69 Å². The van der Waals surface area contributed by atoms with Crippen LogP contribution < -0.4 is 4.90 Å². The number of aryl methyl sites for hydroxylation is 1. The molecular formula is C28H31N5O. The van der Waals surface area contributed by atoms with Gasteiger partial charge in [-0.05, 0) is 55.2 Å². The SMILES string of the molecule is CCC/C=C1\CN(c2cccc(C)c2C)C(=O)CN1Cc1cncn1Cc1ccc(C#N)cc1. The molecule has 6 nitrogen and oxygen atoms in total. The van der Waals surface area contributed by atoms with E-state index in [1.165, 1.54) is 11.3 Å². The molecule has 3 aromatic rings. The van der Waals surface area contributed by atoms with Crippen molar-refractivity contribution in [2.75, 3.05) is 18.0 Å². The molecule has 6 heteroatoms. The fourth-order valence-corrected chi connectivity index (χ4v) is 4.31. The van der Waals surface area contributed by atoms with Crippen molar-refractivity contribution in [3.8, 4) is 6.07 Å². The second-order valence-corrected chi connectivity index (χ2v) is 8.86. The molecule has 1 saturated heterocycles. The third-order valence-electron chi connectivity index (χ3n) is 6.48. The van der Waals surface area contributed by atoms with E-state index in [1.54, 1.807) is 0 Å². The number of carbonyl (C=O) groups excluding carboxylic acids is 1. The molecule has 1 fully saturated rings. The fourth-order valence-electron chi connectivity index (χ4n) is 4.31. The van der Waals surface area contributed by atoms with Crippen molar-refractivity contribution in [3.63, 3.8) is 0 Å². The van der Waals surface area contributed by atoms with Gasteiger partial charge in [-0.25, -0.2) is 4.98 Å². The smallest absolute Gasteiger partial charge is 0.246 e. The first kappa shape index (κ1) is 23.3. The molecule has 1 aromatic heterocycles. The Labute approximate surface area is 201 Å². The topological polar surface area (TPSA) is 65.2 Å². The molecule has 1 aliphatic rings. The van der Waals surface area contributed by atoms with Gasteiger partial charge in [0.05, 0.1) is 43.3 Å². The molecule has 0 bridgehead atoms. The zero-order chi connectivity index (χ0) is 24.1. The molecule has 0 saturated carbocycles. The Morgan fingerprint density at radius 1 is 1.09 bits per heavy atom. The third-order valence-corrected chi connectivity index (χ3v) is 6.48. The Morgan fingerprint density at radius 2 is 1.88 bits per heavy atom. The molecule has 34 heavy (non-hydrogen) atoms. The minimum atomic E-state index is 0.112. The number of unbranched alkanes of at least 4 members (excludes halogenated alkanes) is 1. The molecule has 0 radical (unpaired) electrons. The average molecular weight is 454 g/mol. The van der Waals surface area contributed by atoms with Crippen molar-refractivity contribution >= 4 is 11.6 Å². The highest BCUT2D eigenvalue weighted by atomic mass is 16.2. The highest BCUT2D eigenvalue weighted by molar-refractivity contribution is 5.97. The molecule has 4 rings (SSSR count). The number of nitrogens with zero attached hydrogens (tertiary/aromatic N) is 5. The number of anilines is 1. The van der Waals surface area contributed by atoms with Gasteiger partial charge in [-0.1, -0.05) is 43.7 Å². The van der Waals surface area contributed by atoms with Crippen molar-refractivity contribution in [2.45, 2.75) is 46.7 Å². The number of carbonyl (C=O) groups is 1. The van der Waals surface area contributed by atoms with Crippen LogP contribution >= 0.6 is 0 Å². The van der Waals surface area contributed by atoms with Gasteiger partial charge in [-0.15, -0.1) is 0 Å². The molecule has 0 N–H and O–H groups in total. The number of benzene rings is 2. The molecule has 2 heterocycles. The van der Waals surface area contributed by atoms with E-state index >= 15 is 0 Å². The predicted molar refractivity (Wildman–Crippen MR) is 134 cm³/mol. The summed E-state index contributed by atoms with van der Waals surface area (Å²) in [6.45, 7) is 8.55. The number of imidazole rings is 1. The Balaban J connectivity index is 1.55. The van der Waals surface area contributed by atoms with Gasteiger partial charge < -0.3 is 14.4 Å². The maximum Gasteiger partial charge on any atom is 0.246 e. The molecule has 1 amide bonds. The molecule has 1 aliphatic heterocycles. The van der Waals surface area contributed by atoms with Crippen LogP contribution in [-0.4, -0.2) is 33.4 Å². The van der Waals surface area contributed by atoms with Gasteiger partial charge in [0.1, 0.15) is 0 Å². The lowest BCUT2D eigenvalue weighted by Crippen LogP contribution is -2.49. The van der Waals surface area contributed by atoms with Crippen molar-refractivity contribution in [3.05, 3.63) is 94.7 Å². The van der Waals surface area contributed by atoms with E-state index in [1.807, 2.05) is 53.8 Å². The lowest BCUT2D eigenvalue weighted by molar-refractivity contribution is -0.120. The number of hydrogen-bond donors (Lipinski definition) is 0. The fraction of sp³-hybridized carbons (Fsp3) is 0.321. The van der Waals surface area contributed by atoms with Gasteiger partial charge >= 0.3 is 0 Å². The number of amides is 1. The quantitative estimate of drug-likeness (QED) is 0.508. The maximum absolute atomic E-state index is 13.3. The van der Waals surface area contributed by atoms with Gasteiger partial charge in [0.25, 0.3) is 0 Å². The summed E-state index contributed by atoms with van der Waals surface area (Å²) in [7, 11) is 0. The van der Waals surface area contributed by atoms with E-state index in [-0.39, 0.29) is 5.91 Å². The number of rotatable bonds is 7. The highest BCUT2D eigenvalue weighted by Gasteiger charge is 2.29. The summed E-state index contributed by atoms with van der Waals surface area (Å²) < 4.78 is 2.11. The van der Waals surface area contributed by atoms with Gasteiger partial charge in [-0.3, -0.25) is 4.79 Å². The molecule has 0 aliphatic carbocycles. The second-order valence-electron chi connectivity index (χ2n) is 8.86. The van der Waals surface area contributed by atoms with Gasteiger partial charge in [-0.2, -0.15) is 5.26 Å². The van der Waals surface area contributed by atoms with Crippen LogP contribution in [-0.2, 0) is 17.9 Å². The predicted octanol–water partition coefficient (Wildman–Crippen LogP) is 4.95. The number of piperazine rings is 1. The highest BCUT2D eigenvalue weighted by Crippen LogP contribution is 2.28. The van der Waals surface area contributed by atoms with Crippen molar-refractivity contribution < 1.29 is 4.79 Å². The summed E-state index contributed by atoms with van der Waals surface area (Å²) in [5.74, 6) is 0.112. The monoisotopic (exact) mass is 453 g/mol. The van der Waals surface area contributed by atoms with Crippen LogP contribution in [0.15, 0.2) is 66.8 Å². The van der Waals surface area contributed by atoms with Crippen LogP contribution in [0.3, 0.4) is 0 Å². The number of aromatic nitrogens is 2. The molecule has 174 valence electrons. The zero-order valence-corrected chi connectivity index (χ0v) is 20.2. The Morgan fingerprint density at radius 3 is 2.62 bits per heavy atom. The third kappa shape index (κ3) is 5.04. The minimum Gasteiger partial charge on any atom is -0.358 e. The van der Waals surface area contributed by atoms with Crippen LogP contribution in [0.2, 0.25) is 0 Å². The Hall–Kier alpha value is -3.85. The van der Waals surface area contributed by atoms with Crippen molar-refractivity contribution in [1.29, 1.82) is 5.26 Å². The lowest BCUT2D eigenvalue weighted by Gasteiger charge is -2.38. The van der Waals surface area contributed by atoms with Crippen molar-refractivity contribution in [2.24, 2.45) is 0 Å². The van der Waals surface area contributed by atoms with E-state index in [0.717, 1.165) is 35.3 Å². The van der Waals surface area contributed by atoms with Crippen LogP contribution in [0.5, 0.6) is 0 Å². The Bertz CT molecular complexity index is 1230. The number of allylic oxidation sites excluding steroid dienone is 1. The van der Waals surface area contributed by atoms with Crippen LogP contribution in [0.25, 0.3) is 0 Å². The standard InChI is InChI=1S/C28H31N5O/c1-4-5-8-25-18-33(27-9-6-7-21(2)22(27)3)28(34)19-31(25)17-26-15-30-20-32(26)16-24-12-10-23(14-29)11-13-24/h6-13,15,20H,4-5,16-19H2,1-3H3/b25-8+. The molecule has 0 spiro atoms. The summed E-state index contributed by atoms with van der Waals surface area (Å²) in [5, 5.41) is 9.03. The molecule has 0 unspecified atom stereocenters. The minimum absolute atomic E-state index is 0.112. The first-order valence-electron chi connectivity index (χ1n) is 11.8. The van der Waals surface area contributed by atoms with Crippen LogP contribution in [0.1, 0.15) is 47.7 Å². The molecule has 0 atom stereocenters. The summed E-state index contributed by atoms with van der Waals surface area (Å²) >= 11 is 0. The summed E-state index contributed by atoms with van der Waals surface area (Å²) in [4.78, 5) is 21.7. The van der Waals surface area contributed by atoms with E-state index in [4.69, 9.17) is 5.26 Å². The van der Waals surface area contributed by atoms with E-state index in [9.17, 15) is 4.79 Å². The van der Waals surface area contributed by atoms with E-state index in [2.05, 4.69) is 53.4 Å². The lowest BCUT2D eigenvalue weighted by atomic mass is 10.1. The summed E-state index contributed by atoms with van der Waals surface area (Å²) in [6.07, 6.45) is 8.02. The average Bonchev–Trinajstić information content (AvgIpc) is 3.27. The van der Waals surface area contributed by atoms with Gasteiger partial charge in [0.2, 0.25) is 5.91 Å². The maximum atomic E-state index is 13.3. The van der Waals surface area contributed by atoms with Gasteiger partial charge in [0.15, 0.2) is 0 Å². The van der Waals surface area contributed by atoms with Crippen LogP contribution in [0, 0.1) is 25.2 Å². The normalized spacial score (nSPS) is 15.1. The second kappa shape index (κ2) is 10.4. The van der Waals surface area contributed by atoms with Gasteiger partial charge in [0, 0.05) is 24.1 Å². The molecular weight excluding hydrogens is 422 g/mol. The summed E-state index contributed by atoms with van der Waals surface area (Å²) in [6, 6.07) is 15.9. The summed E-state index contributed by atoms with van der Waals surface area (Å²) in [5.41, 5.74) is 7.33. The number of hydrogen-bond acceptors (Lipinski definition) is 4. The first-order chi connectivity index (χ1) is 16.5. The largest absolute Gasteiger partial charge is 0.358 e.